The minimum Gasteiger partial charge on any atom is -0.289 e. The summed E-state index contributed by atoms with van der Waals surface area (Å²) < 4.78 is 0. The van der Waals surface area contributed by atoms with Gasteiger partial charge in [-0.3, -0.25) is 9.78 Å². The Bertz CT molecular complexity index is 895. The summed E-state index contributed by atoms with van der Waals surface area (Å²) in [5.74, 6) is 0.108. The maximum Gasteiger partial charge on any atom is 0.194 e. The van der Waals surface area contributed by atoms with Gasteiger partial charge >= 0.3 is 0 Å². The minimum absolute atomic E-state index is 0.108. The highest BCUT2D eigenvalue weighted by molar-refractivity contribution is 6.25. The van der Waals surface area contributed by atoms with Gasteiger partial charge in [0, 0.05) is 27.8 Å². The molecule has 2 heteroatoms. The van der Waals surface area contributed by atoms with Crippen LogP contribution in [-0.4, -0.2) is 10.8 Å². The number of nitrogens with zero attached hydrogens (tertiary/aromatic N) is 1. The van der Waals surface area contributed by atoms with Crippen LogP contribution in [0.25, 0.3) is 22.0 Å². The smallest absolute Gasteiger partial charge is 0.194 e. The van der Waals surface area contributed by atoms with Crippen molar-refractivity contribution in [2.24, 2.45) is 0 Å². The molecule has 0 fully saturated rings. The van der Waals surface area contributed by atoms with Crippen LogP contribution in [0.4, 0.5) is 0 Å². The molecule has 0 atom stereocenters. The number of aromatic nitrogens is 1. The summed E-state index contributed by atoms with van der Waals surface area (Å²) in [4.78, 5) is 17.6. The van der Waals surface area contributed by atoms with Gasteiger partial charge in [0.15, 0.2) is 5.78 Å². The molecule has 0 amide bonds. The van der Waals surface area contributed by atoms with Crippen molar-refractivity contribution < 1.29 is 4.79 Å². The van der Waals surface area contributed by atoms with Gasteiger partial charge in [0.2, 0.25) is 0 Å². The Labute approximate surface area is 129 Å². The zero-order valence-corrected chi connectivity index (χ0v) is 12.6. The van der Waals surface area contributed by atoms with Crippen molar-refractivity contribution in [1.29, 1.82) is 0 Å². The Morgan fingerprint density at radius 1 is 0.955 bits per heavy atom. The molecule has 0 N–H and O–H groups in total. The fourth-order valence-corrected chi connectivity index (χ4v) is 3.27. The first-order valence-electron chi connectivity index (χ1n) is 7.86. The molecule has 0 saturated heterocycles. The van der Waals surface area contributed by atoms with Gasteiger partial charge in [0.25, 0.3) is 0 Å². The van der Waals surface area contributed by atoms with E-state index in [2.05, 4.69) is 19.1 Å². The van der Waals surface area contributed by atoms with Gasteiger partial charge in [-0.25, -0.2) is 0 Å². The molecule has 0 radical (unpaired) electrons. The predicted molar refractivity (Wildman–Crippen MR) is 89.2 cm³/mol. The van der Waals surface area contributed by atoms with Crippen molar-refractivity contribution in [1.82, 2.24) is 4.98 Å². The molecule has 1 aromatic heterocycles. The number of fused-ring (bicyclic) bond motifs is 2. The summed E-state index contributed by atoms with van der Waals surface area (Å²) in [6.07, 6.45) is 3.28. The summed E-state index contributed by atoms with van der Waals surface area (Å²) in [5, 5.41) is 2.13. The van der Waals surface area contributed by atoms with Gasteiger partial charge in [-0.1, -0.05) is 55.8 Å². The topological polar surface area (TPSA) is 30.0 Å². The number of unbranched alkanes of at least 4 members (excludes halogenated alkanes) is 1. The van der Waals surface area contributed by atoms with Crippen LogP contribution in [0.15, 0.2) is 48.5 Å². The second kappa shape index (κ2) is 5.06. The van der Waals surface area contributed by atoms with Crippen molar-refractivity contribution in [3.63, 3.8) is 0 Å². The first kappa shape index (κ1) is 13.2. The van der Waals surface area contributed by atoms with Crippen molar-refractivity contribution in [3.05, 3.63) is 65.4 Å². The molecule has 3 aromatic rings. The van der Waals surface area contributed by atoms with E-state index in [4.69, 9.17) is 4.98 Å². The first-order chi connectivity index (χ1) is 10.8. The van der Waals surface area contributed by atoms with Gasteiger partial charge in [0.05, 0.1) is 5.69 Å². The number of rotatable bonds is 3. The van der Waals surface area contributed by atoms with Crippen LogP contribution in [0.1, 0.15) is 41.4 Å². The zero-order valence-electron chi connectivity index (χ0n) is 12.6. The van der Waals surface area contributed by atoms with Crippen LogP contribution >= 0.6 is 0 Å². The largest absolute Gasteiger partial charge is 0.289 e. The van der Waals surface area contributed by atoms with Crippen LogP contribution in [0.2, 0.25) is 0 Å². The maximum atomic E-state index is 12.7. The summed E-state index contributed by atoms with van der Waals surface area (Å²) in [5.41, 5.74) is 4.60. The van der Waals surface area contributed by atoms with Gasteiger partial charge in [0.1, 0.15) is 0 Å². The molecule has 1 aliphatic rings. The van der Waals surface area contributed by atoms with Crippen LogP contribution in [0, 0.1) is 0 Å². The molecule has 2 nitrogen and oxygen atoms in total. The fraction of sp³-hybridized carbons (Fsp3) is 0.200. The highest BCUT2D eigenvalue weighted by Gasteiger charge is 2.25. The summed E-state index contributed by atoms with van der Waals surface area (Å²) in [6, 6.07) is 15.9. The lowest BCUT2D eigenvalue weighted by atomic mass is 9.85. The van der Waals surface area contributed by atoms with Crippen LogP contribution in [-0.2, 0) is 6.42 Å². The quantitative estimate of drug-likeness (QED) is 0.542. The highest BCUT2D eigenvalue weighted by atomic mass is 16.1. The SMILES string of the molecule is CCCCc1cc2cccc3c2c(n1)-c1ccccc1C3=O. The molecule has 4 rings (SSSR count). The molecule has 0 aliphatic heterocycles. The summed E-state index contributed by atoms with van der Waals surface area (Å²) in [7, 11) is 0. The van der Waals surface area contributed by atoms with Crippen molar-refractivity contribution >= 4 is 16.6 Å². The van der Waals surface area contributed by atoms with Gasteiger partial charge in [-0.15, -0.1) is 0 Å². The number of benzene rings is 2. The number of hydrogen-bond donors (Lipinski definition) is 0. The third kappa shape index (κ3) is 1.87. The van der Waals surface area contributed by atoms with Crippen molar-refractivity contribution in [2.45, 2.75) is 26.2 Å². The molecule has 0 bridgehead atoms. The van der Waals surface area contributed by atoms with Gasteiger partial charge in [-0.2, -0.15) is 0 Å². The summed E-state index contributed by atoms with van der Waals surface area (Å²) in [6.45, 7) is 2.19. The van der Waals surface area contributed by atoms with E-state index in [0.29, 0.717) is 0 Å². The van der Waals surface area contributed by atoms with Gasteiger partial charge in [-0.05, 0) is 24.3 Å². The molecule has 0 spiro atoms. The van der Waals surface area contributed by atoms with E-state index < -0.39 is 0 Å². The number of pyridine rings is 1. The third-order valence-corrected chi connectivity index (χ3v) is 4.37. The predicted octanol–water partition coefficient (Wildman–Crippen LogP) is 4.79. The Kier molecular flexibility index (Phi) is 3.04. The Hall–Kier alpha value is -2.48. The number of carbonyl (C=O) groups excluding carboxylic acids is 1. The van der Waals surface area contributed by atoms with E-state index in [9.17, 15) is 4.79 Å². The lowest BCUT2D eigenvalue weighted by Crippen LogP contribution is -2.11. The maximum absolute atomic E-state index is 12.7. The Balaban J connectivity index is 2.06. The minimum atomic E-state index is 0.108. The van der Waals surface area contributed by atoms with Crippen LogP contribution in [0.3, 0.4) is 0 Å². The van der Waals surface area contributed by atoms with Gasteiger partial charge < -0.3 is 0 Å². The number of ketones is 1. The standard InChI is InChI=1S/C20H17NO/c1-2-3-8-14-12-13-7-6-11-17-18(13)19(21-14)15-9-4-5-10-16(15)20(17)22/h4-7,9-12H,2-3,8H2,1H3. The zero-order chi connectivity index (χ0) is 15.1. The fourth-order valence-electron chi connectivity index (χ4n) is 3.27. The lowest BCUT2D eigenvalue weighted by Gasteiger charge is -2.19. The third-order valence-electron chi connectivity index (χ3n) is 4.37. The second-order valence-electron chi connectivity index (χ2n) is 5.84. The first-order valence-corrected chi connectivity index (χ1v) is 7.86. The van der Waals surface area contributed by atoms with E-state index in [1.807, 2.05) is 36.4 Å². The average Bonchev–Trinajstić information content (AvgIpc) is 2.57. The normalized spacial score (nSPS) is 12.5. The molecular formula is C20H17NO. The molecular weight excluding hydrogens is 270 g/mol. The van der Waals surface area contributed by atoms with Crippen molar-refractivity contribution in [2.75, 3.05) is 0 Å². The second-order valence-corrected chi connectivity index (χ2v) is 5.84. The molecule has 108 valence electrons. The monoisotopic (exact) mass is 287 g/mol. The average molecular weight is 287 g/mol. The molecule has 0 unspecified atom stereocenters. The van der Waals surface area contributed by atoms with Crippen LogP contribution in [0.5, 0.6) is 0 Å². The Morgan fingerprint density at radius 2 is 1.73 bits per heavy atom. The molecule has 22 heavy (non-hydrogen) atoms. The van der Waals surface area contributed by atoms with E-state index >= 15 is 0 Å². The molecule has 1 heterocycles. The molecule has 1 aliphatic carbocycles. The molecule has 0 saturated carbocycles. The van der Waals surface area contributed by atoms with E-state index in [1.165, 1.54) is 0 Å². The summed E-state index contributed by atoms with van der Waals surface area (Å²) >= 11 is 0. The van der Waals surface area contributed by atoms with Crippen LogP contribution < -0.4 is 0 Å². The number of carbonyl (C=O) groups is 1. The highest BCUT2D eigenvalue weighted by Crippen LogP contribution is 2.38. The number of aryl methyl sites for hydroxylation is 1. The molecule has 2 aromatic carbocycles. The van der Waals surface area contributed by atoms with Crippen molar-refractivity contribution in [3.8, 4) is 11.3 Å². The van der Waals surface area contributed by atoms with E-state index in [-0.39, 0.29) is 5.78 Å². The number of hydrogen-bond acceptors (Lipinski definition) is 2. The van der Waals surface area contributed by atoms with E-state index in [1.54, 1.807) is 0 Å². The Morgan fingerprint density at radius 3 is 2.55 bits per heavy atom. The lowest BCUT2D eigenvalue weighted by molar-refractivity contribution is 0.104. The van der Waals surface area contributed by atoms with E-state index in [0.717, 1.165) is 58.1 Å².